The van der Waals surface area contributed by atoms with Crippen molar-refractivity contribution < 1.29 is 33.3 Å². The van der Waals surface area contributed by atoms with E-state index in [1.54, 1.807) is 26.4 Å². The van der Waals surface area contributed by atoms with Gasteiger partial charge in [-0.1, -0.05) is 38.8 Å². The summed E-state index contributed by atoms with van der Waals surface area (Å²) < 4.78 is 27.9. The molecule has 0 saturated heterocycles. The third kappa shape index (κ3) is 9.25. The molecular formula is C28H38O7. The first-order valence-corrected chi connectivity index (χ1v) is 12.2. The molecule has 0 bridgehead atoms. The summed E-state index contributed by atoms with van der Waals surface area (Å²) in [6.07, 6.45) is 5.34. The number of hydrogen-bond donors (Lipinski definition) is 0. The van der Waals surface area contributed by atoms with E-state index in [1.165, 1.54) is 13.8 Å². The van der Waals surface area contributed by atoms with Gasteiger partial charge in [0.2, 0.25) is 0 Å². The lowest BCUT2D eigenvalue weighted by atomic mass is 10.0. The molecule has 0 saturated carbocycles. The molecule has 0 N–H and O–H groups in total. The van der Waals surface area contributed by atoms with Crippen LogP contribution in [0.5, 0.6) is 23.0 Å². The minimum absolute atomic E-state index is 0.0306. The Morgan fingerprint density at radius 2 is 1.09 bits per heavy atom. The van der Waals surface area contributed by atoms with Gasteiger partial charge in [0.1, 0.15) is 0 Å². The minimum atomic E-state index is -0.386. The van der Waals surface area contributed by atoms with Gasteiger partial charge in [0.05, 0.1) is 26.4 Å². The van der Waals surface area contributed by atoms with E-state index in [0.717, 1.165) is 49.7 Å². The van der Waals surface area contributed by atoms with Crippen molar-refractivity contribution in [2.24, 2.45) is 0 Å². The van der Waals surface area contributed by atoms with Crippen molar-refractivity contribution in [3.05, 3.63) is 47.5 Å². The van der Waals surface area contributed by atoms with E-state index in [0.29, 0.717) is 23.0 Å². The summed E-state index contributed by atoms with van der Waals surface area (Å²) in [4.78, 5) is 22.7. The first-order valence-electron chi connectivity index (χ1n) is 12.2. The highest BCUT2D eigenvalue weighted by molar-refractivity contribution is 5.71. The lowest BCUT2D eigenvalue weighted by Gasteiger charge is -2.25. The zero-order valence-corrected chi connectivity index (χ0v) is 21.7. The smallest absolute Gasteiger partial charge is 0.308 e. The zero-order chi connectivity index (χ0) is 25.8. The monoisotopic (exact) mass is 486 g/mol. The zero-order valence-electron chi connectivity index (χ0n) is 21.7. The Kier molecular flexibility index (Phi) is 11.6. The van der Waals surface area contributed by atoms with Gasteiger partial charge < -0.3 is 23.7 Å². The second-order valence-corrected chi connectivity index (χ2v) is 8.52. The molecule has 2 atom stereocenters. The Hall–Kier alpha value is -3.06. The molecule has 2 aromatic rings. The molecule has 2 unspecified atom stereocenters. The fourth-order valence-electron chi connectivity index (χ4n) is 4.03. The summed E-state index contributed by atoms with van der Waals surface area (Å²) in [5.41, 5.74) is 2.11. The maximum Gasteiger partial charge on any atom is 0.308 e. The summed E-state index contributed by atoms with van der Waals surface area (Å²) in [5.74, 6) is 1.10. The number of carbonyl (C=O) groups is 2. The maximum atomic E-state index is 11.3. The molecule has 2 rings (SSSR count). The first kappa shape index (κ1) is 28.2. The average Bonchev–Trinajstić information content (AvgIpc) is 2.80. The summed E-state index contributed by atoms with van der Waals surface area (Å²) in [6, 6.07) is 11.2. The average molecular weight is 487 g/mol. The van der Waals surface area contributed by atoms with Crippen LogP contribution in [0.25, 0.3) is 0 Å². The Bertz CT molecular complexity index is 892. The number of methoxy groups -OCH3 is 2. The molecule has 0 fully saturated rings. The van der Waals surface area contributed by atoms with Crippen LogP contribution in [0, 0.1) is 0 Å². The molecule has 2 aromatic carbocycles. The summed E-state index contributed by atoms with van der Waals surface area (Å²) in [5, 5.41) is 0. The van der Waals surface area contributed by atoms with Crippen LogP contribution in [0.15, 0.2) is 36.4 Å². The molecule has 0 radical (unpaired) electrons. The largest absolute Gasteiger partial charge is 0.493 e. The third-order valence-electron chi connectivity index (χ3n) is 5.50. The van der Waals surface area contributed by atoms with Crippen LogP contribution in [-0.4, -0.2) is 38.4 Å². The van der Waals surface area contributed by atoms with Crippen LogP contribution >= 0.6 is 0 Å². The van der Waals surface area contributed by atoms with Gasteiger partial charge in [-0.2, -0.15) is 0 Å². The van der Waals surface area contributed by atoms with Crippen LogP contribution in [0.2, 0.25) is 0 Å². The van der Waals surface area contributed by atoms with Crippen molar-refractivity contribution in [2.45, 2.75) is 78.4 Å². The molecule has 7 nitrogen and oxygen atoms in total. The van der Waals surface area contributed by atoms with Gasteiger partial charge >= 0.3 is 11.9 Å². The second kappa shape index (κ2) is 14.4. The van der Waals surface area contributed by atoms with E-state index in [2.05, 4.69) is 13.8 Å². The standard InChI is InChI=1S/C28H38O7/c1-7-9-23(15-21-11-13-25(33-19(3)29)27(17-21)31-5)35-24(10-8-2)16-22-12-14-26(34-20(4)30)28(18-22)32-6/h11-14,17-18,23-24H,7-10,15-16H2,1-6H3. The number of rotatable bonds is 14. The molecule has 0 heterocycles. The van der Waals surface area contributed by atoms with Gasteiger partial charge in [0, 0.05) is 13.8 Å². The minimum Gasteiger partial charge on any atom is -0.493 e. The van der Waals surface area contributed by atoms with Crippen molar-refractivity contribution in [1.82, 2.24) is 0 Å². The molecule has 35 heavy (non-hydrogen) atoms. The van der Waals surface area contributed by atoms with Crippen molar-refractivity contribution in [3.8, 4) is 23.0 Å². The normalized spacial score (nSPS) is 12.5. The molecule has 7 heteroatoms. The van der Waals surface area contributed by atoms with Gasteiger partial charge in [0.15, 0.2) is 23.0 Å². The fourth-order valence-corrected chi connectivity index (χ4v) is 4.03. The van der Waals surface area contributed by atoms with Gasteiger partial charge in [-0.3, -0.25) is 9.59 Å². The Morgan fingerprint density at radius 3 is 1.40 bits per heavy atom. The lowest BCUT2D eigenvalue weighted by Crippen LogP contribution is -2.26. The van der Waals surface area contributed by atoms with Gasteiger partial charge in [-0.25, -0.2) is 0 Å². The highest BCUT2D eigenvalue weighted by Crippen LogP contribution is 2.31. The molecule has 192 valence electrons. The van der Waals surface area contributed by atoms with E-state index in [9.17, 15) is 9.59 Å². The van der Waals surface area contributed by atoms with Gasteiger partial charge in [0.25, 0.3) is 0 Å². The van der Waals surface area contributed by atoms with Crippen LogP contribution in [0.3, 0.4) is 0 Å². The number of esters is 2. The number of hydrogen-bond acceptors (Lipinski definition) is 7. The summed E-state index contributed by atoms with van der Waals surface area (Å²) >= 11 is 0. The van der Waals surface area contributed by atoms with E-state index in [-0.39, 0.29) is 24.1 Å². The molecule has 0 aromatic heterocycles. The molecule has 0 aliphatic rings. The van der Waals surface area contributed by atoms with E-state index in [4.69, 9.17) is 23.7 Å². The van der Waals surface area contributed by atoms with Crippen LogP contribution < -0.4 is 18.9 Å². The van der Waals surface area contributed by atoms with E-state index < -0.39 is 0 Å². The maximum absolute atomic E-state index is 11.3. The Labute approximate surface area is 208 Å². The predicted molar refractivity (Wildman–Crippen MR) is 134 cm³/mol. The van der Waals surface area contributed by atoms with Crippen LogP contribution in [0.4, 0.5) is 0 Å². The second-order valence-electron chi connectivity index (χ2n) is 8.52. The SMILES string of the molecule is CCCC(Cc1ccc(OC(C)=O)c(OC)c1)OC(CCC)Cc1ccc(OC(C)=O)c(OC)c1. The highest BCUT2D eigenvalue weighted by atomic mass is 16.6. The molecule has 0 aliphatic carbocycles. The van der Waals surface area contributed by atoms with Crippen molar-refractivity contribution in [2.75, 3.05) is 14.2 Å². The van der Waals surface area contributed by atoms with Crippen LogP contribution in [0.1, 0.15) is 64.5 Å². The molecule has 0 spiro atoms. The van der Waals surface area contributed by atoms with Crippen molar-refractivity contribution in [1.29, 1.82) is 0 Å². The topological polar surface area (TPSA) is 80.3 Å². The molecule has 0 aliphatic heterocycles. The summed E-state index contributed by atoms with van der Waals surface area (Å²) in [7, 11) is 3.12. The Balaban J connectivity index is 2.16. The highest BCUT2D eigenvalue weighted by Gasteiger charge is 2.19. The predicted octanol–water partition coefficient (Wildman–Crippen LogP) is 5.69. The summed E-state index contributed by atoms with van der Waals surface area (Å²) in [6.45, 7) is 7.03. The first-order chi connectivity index (χ1) is 16.8. The molecule has 0 amide bonds. The van der Waals surface area contributed by atoms with Gasteiger partial charge in [-0.05, 0) is 61.1 Å². The van der Waals surface area contributed by atoms with Gasteiger partial charge in [-0.15, -0.1) is 0 Å². The number of benzene rings is 2. The quantitative estimate of drug-likeness (QED) is 0.250. The van der Waals surface area contributed by atoms with Crippen molar-refractivity contribution >= 4 is 11.9 Å². The van der Waals surface area contributed by atoms with Crippen LogP contribution in [-0.2, 0) is 27.2 Å². The fraction of sp³-hybridized carbons (Fsp3) is 0.500. The Morgan fingerprint density at radius 1 is 0.686 bits per heavy atom. The molecular weight excluding hydrogens is 448 g/mol. The van der Waals surface area contributed by atoms with E-state index in [1.807, 2.05) is 24.3 Å². The third-order valence-corrected chi connectivity index (χ3v) is 5.50. The number of ether oxygens (including phenoxy) is 5. The van der Waals surface area contributed by atoms with E-state index >= 15 is 0 Å². The van der Waals surface area contributed by atoms with Crippen molar-refractivity contribution in [3.63, 3.8) is 0 Å². The lowest BCUT2D eigenvalue weighted by molar-refractivity contribution is -0.132. The number of carbonyl (C=O) groups excluding carboxylic acids is 2.